The van der Waals surface area contributed by atoms with Gasteiger partial charge >= 0.3 is 0 Å². The fourth-order valence-corrected chi connectivity index (χ4v) is 3.16. The second-order valence-corrected chi connectivity index (χ2v) is 6.32. The van der Waals surface area contributed by atoms with Gasteiger partial charge in [-0.25, -0.2) is 8.78 Å². The van der Waals surface area contributed by atoms with Crippen molar-refractivity contribution in [3.05, 3.63) is 64.7 Å². The maximum absolute atomic E-state index is 13.5. The van der Waals surface area contributed by atoms with Gasteiger partial charge in [-0.15, -0.1) is 12.4 Å². The molecule has 0 radical (unpaired) electrons. The average molecular weight is 402 g/mol. The zero-order chi connectivity index (χ0) is 17.8. The van der Waals surface area contributed by atoms with E-state index in [-0.39, 0.29) is 41.7 Å². The molecule has 1 saturated heterocycles. The number of piperazine rings is 1. The van der Waals surface area contributed by atoms with Gasteiger partial charge in [0.05, 0.1) is 17.3 Å². The summed E-state index contributed by atoms with van der Waals surface area (Å²) in [5.74, 6) is -1.02. The quantitative estimate of drug-likeness (QED) is 0.821. The Kier molecular flexibility index (Phi) is 7.34. The van der Waals surface area contributed by atoms with Crippen molar-refractivity contribution in [2.45, 2.75) is 6.04 Å². The minimum Gasteiger partial charge on any atom is -0.324 e. The van der Waals surface area contributed by atoms with Gasteiger partial charge in [0.1, 0.15) is 11.6 Å². The summed E-state index contributed by atoms with van der Waals surface area (Å²) >= 11 is 5.94. The normalized spacial score (nSPS) is 17.4. The maximum atomic E-state index is 13.5. The van der Waals surface area contributed by atoms with Crippen LogP contribution in [0.2, 0.25) is 5.02 Å². The number of carbonyl (C=O) groups excluding carboxylic acids is 1. The Hall–Kier alpha value is -1.73. The van der Waals surface area contributed by atoms with Crippen LogP contribution in [0.15, 0.2) is 42.5 Å². The van der Waals surface area contributed by atoms with Crippen molar-refractivity contribution in [2.75, 3.05) is 31.5 Å². The molecule has 2 aromatic rings. The molecule has 1 aliphatic rings. The first-order chi connectivity index (χ1) is 12.0. The molecule has 1 heterocycles. The third-order valence-electron chi connectivity index (χ3n) is 4.14. The number of hydrogen-bond acceptors (Lipinski definition) is 3. The maximum Gasteiger partial charge on any atom is 0.238 e. The van der Waals surface area contributed by atoms with E-state index in [0.29, 0.717) is 18.8 Å². The summed E-state index contributed by atoms with van der Waals surface area (Å²) in [6, 6.07) is 10.1. The Morgan fingerprint density at radius 2 is 2.00 bits per heavy atom. The minimum absolute atomic E-state index is 0. The number of amides is 1. The fourth-order valence-electron chi connectivity index (χ4n) is 2.94. The highest BCUT2D eigenvalue weighted by Crippen LogP contribution is 2.24. The van der Waals surface area contributed by atoms with Crippen LogP contribution < -0.4 is 10.6 Å². The van der Waals surface area contributed by atoms with Crippen LogP contribution in [-0.4, -0.2) is 37.0 Å². The van der Waals surface area contributed by atoms with Gasteiger partial charge < -0.3 is 10.6 Å². The van der Waals surface area contributed by atoms with E-state index in [2.05, 4.69) is 10.6 Å². The number of nitrogens with zero attached hydrogens (tertiary/aromatic N) is 1. The highest BCUT2D eigenvalue weighted by atomic mass is 35.5. The first-order valence-electron chi connectivity index (χ1n) is 7.98. The van der Waals surface area contributed by atoms with Crippen molar-refractivity contribution in [3.8, 4) is 0 Å². The van der Waals surface area contributed by atoms with E-state index in [1.54, 1.807) is 6.07 Å². The zero-order valence-electron chi connectivity index (χ0n) is 13.8. The highest BCUT2D eigenvalue weighted by Gasteiger charge is 2.26. The number of hydrogen-bond donors (Lipinski definition) is 2. The summed E-state index contributed by atoms with van der Waals surface area (Å²) in [6.45, 7) is 2.17. The summed E-state index contributed by atoms with van der Waals surface area (Å²) in [7, 11) is 0. The van der Waals surface area contributed by atoms with Crippen LogP contribution in [0.5, 0.6) is 0 Å². The van der Waals surface area contributed by atoms with Crippen molar-refractivity contribution in [1.82, 2.24) is 10.2 Å². The summed E-state index contributed by atoms with van der Waals surface area (Å²) in [4.78, 5) is 14.3. The van der Waals surface area contributed by atoms with Crippen LogP contribution in [0, 0.1) is 11.6 Å². The molecule has 1 aliphatic heterocycles. The monoisotopic (exact) mass is 401 g/mol. The molecule has 0 aliphatic carbocycles. The first-order valence-corrected chi connectivity index (χ1v) is 8.36. The van der Waals surface area contributed by atoms with Crippen LogP contribution >= 0.6 is 24.0 Å². The molecular weight excluding hydrogens is 383 g/mol. The molecule has 2 aromatic carbocycles. The van der Waals surface area contributed by atoms with Gasteiger partial charge in [0.15, 0.2) is 0 Å². The van der Waals surface area contributed by atoms with E-state index in [1.807, 2.05) is 11.0 Å². The number of carbonyl (C=O) groups is 1. The van der Waals surface area contributed by atoms with Crippen LogP contribution in [0.3, 0.4) is 0 Å². The Morgan fingerprint density at radius 1 is 1.23 bits per heavy atom. The van der Waals surface area contributed by atoms with Gasteiger partial charge in [0, 0.05) is 25.7 Å². The van der Waals surface area contributed by atoms with Crippen LogP contribution in [0.4, 0.5) is 14.5 Å². The second-order valence-electron chi connectivity index (χ2n) is 5.92. The van der Waals surface area contributed by atoms with E-state index < -0.39 is 5.82 Å². The molecule has 4 nitrogen and oxygen atoms in total. The first kappa shape index (κ1) is 20.6. The SMILES string of the molecule is Cl.O=C(CN1CCNCC1c1cccc(F)c1)Nc1ccc(F)cc1Cl. The van der Waals surface area contributed by atoms with Crippen molar-refractivity contribution in [3.63, 3.8) is 0 Å². The Bertz CT molecular complexity index is 776. The number of anilines is 1. The van der Waals surface area contributed by atoms with E-state index >= 15 is 0 Å². The lowest BCUT2D eigenvalue weighted by Gasteiger charge is -2.36. The molecule has 3 rings (SSSR count). The molecule has 1 amide bonds. The van der Waals surface area contributed by atoms with Gasteiger partial charge in [-0.3, -0.25) is 9.69 Å². The third kappa shape index (κ3) is 5.14. The van der Waals surface area contributed by atoms with Crippen molar-refractivity contribution < 1.29 is 13.6 Å². The Morgan fingerprint density at radius 3 is 2.73 bits per heavy atom. The van der Waals surface area contributed by atoms with E-state index in [4.69, 9.17) is 11.6 Å². The minimum atomic E-state index is -0.462. The van der Waals surface area contributed by atoms with E-state index in [1.165, 1.54) is 24.3 Å². The molecule has 1 unspecified atom stereocenters. The van der Waals surface area contributed by atoms with Crippen molar-refractivity contribution in [1.29, 1.82) is 0 Å². The highest BCUT2D eigenvalue weighted by molar-refractivity contribution is 6.33. The number of halogens is 4. The lowest BCUT2D eigenvalue weighted by molar-refractivity contribution is -0.118. The molecular formula is C18H19Cl2F2N3O. The lowest BCUT2D eigenvalue weighted by atomic mass is 10.0. The van der Waals surface area contributed by atoms with Gasteiger partial charge in [0.25, 0.3) is 0 Å². The molecule has 0 spiro atoms. The Balaban J connectivity index is 0.00000243. The number of nitrogens with one attached hydrogen (secondary N) is 2. The van der Waals surface area contributed by atoms with E-state index in [9.17, 15) is 13.6 Å². The molecule has 1 fully saturated rings. The number of benzene rings is 2. The van der Waals surface area contributed by atoms with Gasteiger partial charge in [-0.05, 0) is 35.9 Å². The summed E-state index contributed by atoms with van der Waals surface area (Å²) < 4.78 is 26.6. The Labute approximate surface area is 161 Å². The van der Waals surface area contributed by atoms with Crippen LogP contribution in [0.25, 0.3) is 0 Å². The summed E-state index contributed by atoms with van der Waals surface area (Å²) in [5.41, 5.74) is 1.19. The molecule has 2 N–H and O–H groups in total. The van der Waals surface area contributed by atoms with E-state index in [0.717, 1.165) is 18.2 Å². The van der Waals surface area contributed by atoms with Gasteiger partial charge in [0.2, 0.25) is 5.91 Å². The number of rotatable bonds is 4. The van der Waals surface area contributed by atoms with Crippen LogP contribution in [0.1, 0.15) is 11.6 Å². The topological polar surface area (TPSA) is 44.4 Å². The fraction of sp³-hybridized carbons (Fsp3) is 0.278. The molecule has 26 heavy (non-hydrogen) atoms. The molecule has 0 aromatic heterocycles. The molecule has 140 valence electrons. The van der Waals surface area contributed by atoms with Gasteiger partial charge in [-0.2, -0.15) is 0 Å². The molecule has 1 atom stereocenters. The predicted molar refractivity (Wildman–Crippen MR) is 101 cm³/mol. The summed E-state index contributed by atoms with van der Waals surface area (Å²) in [6.07, 6.45) is 0. The third-order valence-corrected chi connectivity index (χ3v) is 4.45. The molecule has 8 heteroatoms. The zero-order valence-corrected chi connectivity index (χ0v) is 15.4. The van der Waals surface area contributed by atoms with Gasteiger partial charge in [-0.1, -0.05) is 23.7 Å². The second kappa shape index (κ2) is 9.28. The standard InChI is InChI=1S/C18H18ClF2N3O.ClH/c19-15-9-14(21)4-5-16(15)23-18(25)11-24-7-6-22-10-17(24)12-2-1-3-13(20)8-12;/h1-5,8-9,17,22H,6-7,10-11H2,(H,23,25);1H. The largest absolute Gasteiger partial charge is 0.324 e. The molecule has 0 saturated carbocycles. The smallest absolute Gasteiger partial charge is 0.238 e. The van der Waals surface area contributed by atoms with Crippen molar-refractivity contribution >= 4 is 35.6 Å². The summed E-state index contributed by atoms with van der Waals surface area (Å²) in [5, 5.41) is 6.11. The molecule has 0 bridgehead atoms. The van der Waals surface area contributed by atoms with Crippen LogP contribution in [-0.2, 0) is 4.79 Å². The van der Waals surface area contributed by atoms with Crippen molar-refractivity contribution in [2.24, 2.45) is 0 Å². The average Bonchev–Trinajstić information content (AvgIpc) is 2.58. The predicted octanol–water partition coefficient (Wildman–Crippen LogP) is 3.63. The lowest BCUT2D eigenvalue weighted by Crippen LogP contribution is -2.48.